The molecule has 0 radical (unpaired) electrons. The Bertz CT molecular complexity index is 956. The lowest BCUT2D eigenvalue weighted by Gasteiger charge is -2.14. The summed E-state index contributed by atoms with van der Waals surface area (Å²) in [5, 5.41) is 1.28. The Kier molecular flexibility index (Phi) is 5.14. The van der Waals surface area contributed by atoms with Gasteiger partial charge in [0.05, 0.1) is 17.8 Å². The zero-order valence-corrected chi connectivity index (χ0v) is 15.2. The second kappa shape index (κ2) is 7.51. The molecule has 0 spiro atoms. The van der Waals surface area contributed by atoms with Crippen LogP contribution in [0.2, 0.25) is 5.02 Å². The molecule has 138 valence electrons. The van der Waals surface area contributed by atoms with Gasteiger partial charge in [-0.3, -0.25) is 19.8 Å². The van der Waals surface area contributed by atoms with Crippen LogP contribution in [-0.2, 0) is 14.4 Å². The summed E-state index contributed by atoms with van der Waals surface area (Å²) in [6, 6.07) is 11.7. The lowest BCUT2D eigenvalue weighted by molar-refractivity contribution is -0.132. The number of amides is 2. The normalized spacial score (nSPS) is 15.1. The molecule has 1 N–H and O–H groups in total. The predicted octanol–water partition coefficient (Wildman–Crippen LogP) is 2.74. The van der Waals surface area contributed by atoms with Crippen molar-refractivity contribution < 1.29 is 23.9 Å². The molecule has 1 heterocycles. The maximum atomic E-state index is 12.6. The minimum atomic E-state index is -0.551. The van der Waals surface area contributed by atoms with Crippen molar-refractivity contribution in [1.82, 2.24) is 5.43 Å². The SMILES string of the molecule is COc1cc(/C=C2/C(=O)NN(c3ccccc3)C2=O)cc(Cl)c1OC(C)=O. The average molecular weight is 387 g/mol. The molecule has 1 fully saturated rings. The maximum Gasteiger partial charge on any atom is 0.308 e. The molecule has 2 aromatic carbocycles. The summed E-state index contributed by atoms with van der Waals surface area (Å²) in [4.78, 5) is 36.1. The van der Waals surface area contributed by atoms with Gasteiger partial charge < -0.3 is 9.47 Å². The van der Waals surface area contributed by atoms with Gasteiger partial charge in [-0.2, -0.15) is 0 Å². The van der Waals surface area contributed by atoms with Crippen LogP contribution in [0.5, 0.6) is 11.5 Å². The maximum absolute atomic E-state index is 12.6. The van der Waals surface area contributed by atoms with E-state index in [0.717, 1.165) is 0 Å². The van der Waals surface area contributed by atoms with Crippen LogP contribution in [0.1, 0.15) is 12.5 Å². The van der Waals surface area contributed by atoms with Gasteiger partial charge in [-0.05, 0) is 35.9 Å². The summed E-state index contributed by atoms with van der Waals surface area (Å²) in [5.41, 5.74) is 3.44. The number of anilines is 1. The molecule has 2 amide bonds. The fourth-order valence-corrected chi connectivity index (χ4v) is 2.81. The van der Waals surface area contributed by atoms with Crippen molar-refractivity contribution in [2.45, 2.75) is 6.92 Å². The van der Waals surface area contributed by atoms with Crippen molar-refractivity contribution in [2.75, 3.05) is 12.1 Å². The minimum Gasteiger partial charge on any atom is -0.493 e. The van der Waals surface area contributed by atoms with Gasteiger partial charge in [-0.1, -0.05) is 29.8 Å². The molecular weight excluding hydrogens is 372 g/mol. The molecule has 0 atom stereocenters. The quantitative estimate of drug-likeness (QED) is 0.378. The molecule has 2 aromatic rings. The van der Waals surface area contributed by atoms with Crippen LogP contribution in [0.15, 0.2) is 48.0 Å². The van der Waals surface area contributed by atoms with Gasteiger partial charge in [0, 0.05) is 6.92 Å². The Morgan fingerprint density at radius 1 is 1.19 bits per heavy atom. The van der Waals surface area contributed by atoms with E-state index in [1.807, 2.05) is 6.07 Å². The Balaban J connectivity index is 1.96. The fraction of sp³-hybridized carbons (Fsp3) is 0.105. The van der Waals surface area contributed by atoms with Crippen molar-refractivity contribution in [3.8, 4) is 11.5 Å². The number of nitrogens with zero attached hydrogens (tertiary/aromatic N) is 1. The Labute approximate surface area is 160 Å². The van der Waals surface area contributed by atoms with Crippen LogP contribution >= 0.6 is 11.6 Å². The van der Waals surface area contributed by atoms with Crippen molar-refractivity contribution in [2.24, 2.45) is 0 Å². The number of esters is 1. The average Bonchev–Trinajstić information content (AvgIpc) is 2.92. The first-order valence-electron chi connectivity index (χ1n) is 7.89. The number of methoxy groups -OCH3 is 1. The number of ether oxygens (including phenoxy) is 2. The molecule has 1 aliphatic rings. The number of rotatable bonds is 4. The molecule has 8 heteroatoms. The van der Waals surface area contributed by atoms with Crippen molar-refractivity contribution >= 4 is 41.1 Å². The van der Waals surface area contributed by atoms with E-state index in [0.29, 0.717) is 11.3 Å². The lowest BCUT2D eigenvalue weighted by atomic mass is 10.1. The van der Waals surface area contributed by atoms with E-state index in [1.165, 1.54) is 37.3 Å². The smallest absolute Gasteiger partial charge is 0.308 e. The fourth-order valence-electron chi connectivity index (χ4n) is 2.55. The summed E-state index contributed by atoms with van der Waals surface area (Å²) in [7, 11) is 1.39. The molecular formula is C19H15ClN2O5. The standard InChI is InChI=1S/C19H15ClN2O5/c1-11(23)27-17-15(20)9-12(10-16(17)26-2)8-14-18(24)21-22(19(14)25)13-6-4-3-5-7-13/h3-10H,1-2H3,(H,21,24)/b14-8-. The summed E-state index contributed by atoms with van der Waals surface area (Å²) in [5.74, 6) is -1.31. The van der Waals surface area contributed by atoms with E-state index in [4.69, 9.17) is 21.1 Å². The molecule has 0 saturated carbocycles. The molecule has 1 aliphatic heterocycles. The zero-order chi connectivity index (χ0) is 19.6. The van der Waals surface area contributed by atoms with E-state index < -0.39 is 17.8 Å². The Morgan fingerprint density at radius 3 is 2.52 bits per heavy atom. The van der Waals surface area contributed by atoms with Gasteiger partial charge in [0.1, 0.15) is 5.57 Å². The number of hydrogen-bond acceptors (Lipinski definition) is 5. The van der Waals surface area contributed by atoms with Crippen LogP contribution in [0.25, 0.3) is 6.08 Å². The highest BCUT2D eigenvalue weighted by Gasteiger charge is 2.34. The third-order valence-corrected chi connectivity index (χ3v) is 4.00. The second-order valence-corrected chi connectivity index (χ2v) is 6.01. The number of hydrazine groups is 1. The predicted molar refractivity (Wildman–Crippen MR) is 99.4 cm³/mol. The molecule has 0 unspecified atom stereocenters. The number of hydrogen-bond donors (Lipinski definition) is 1. The van der Waals surface area contributed by atoms with Crippen LogP contribution in [-0.4, -0.2) is 24.9 Å². The topological polar surface area (TPSA) is 84.9 Å². The first-order chi connectivity index (χ1) is 12.9. The number of carbonyl (C=O) groups is 3. The van der Waals surface area contributed by atoms with Gasteiger partial charge in [-0.15, -0.1) is 0 Å². The van der Waals surface area contributed by atoms with Gasteiger partial charge in [-0.25, -0.2) is 5.01 Å². The summed E-state index contributed by atoms with van der Waals surface area (Å²) >= 11 is 6.16. The number of carbonyl (C=O) groups excluding carboxylic acids is 3. The van der Waals surface area contributed by atoms with Crippen LogP contribution < -0.4 is 19.9 Å². The number of halogens is 1. The number of nitrogens with one attached hydrogen (secondary N) is 1. The van der Waals surface area contributed by atoms with E-state index >= 15 is 0 Å². The number of para-hydroxylation sites is 1. The van der Waals surface area contributed by atoms with Crippen molar-refractivity contribution in [3.63, 3.8) is 0 Å². The van der Waals surface area contributed by atoms with Gasteiger partial charge in [0.15, 0.2) is 11.5 Å². The highest BCUT2D eigenvalue weighted by molar-refractivity contribution is 6.33. The van der Waals surface area contributed by atoms with Gasteiger partial charge >= 0.3 is 5.97 Å². The highest BCUT2D eigenvalue weighted by Crippen LogP contribution is 2.37. The molecule has 27 heavy (non-hydrogen) atoms. The Hall–Kier alpha value is -3.32. The molecule has 0 bridgehead atoms. The van der Waals surface area contributed by atoms with Crippen LogP contribution in [0.4, 0.5) is 5.69 Å². The summed E-state index contributed by atoms with van der Waals surface area (Å²) < 4.78 is 10.2. The highest BCUT2D eigenvalue weighted by atomic mass is 35.5. The van der Waals surface area contributed by atoms with Crippen molar-refractivity contribution in [1.29, 1.82) is 0 Å². The first-order valence-corrected chi connectivity index (χ1v) is 8.26. The summed E-state index contributed by atoms with van der Waals surface area (Å²) in [6.45, 7) is 1.24. The van der Waals surface area contributed by atoms with Crippen LogP contribution in [0.3, 0.4) is 0 Å². The monoisotopic (exact) mass is 386 g/mol. The largest absolute Gasteiger partial charge is 0.493 e. The Morgan fingerprint density at radius 2 is 1.89 bits per heavy atom. The number of benzene rings is 2. The molecule has 1 saturated heterocycles. The molecule has 3 rings (SSSR count). The van der Waals surface area contributed by atoms with Crippen LogP contribution in [0, 0.1) is 0 Å². The molecule has 0 aromatic heterocycles. The third kappa shape index (κ3) is 3.78. The first kappa shape index (κ1) is 18.5. The zero-order valence-electron chi connectivity index (χ0n) is 14.5. The van der Waals surface area contributed by atoms with E-state index in [9.17, 15) is 14.4 Å². The van der Waals surface area contributed by atoms with E-state index in [1.54, 1.807) is 24.3 Å². The van der Waals surface area contributed by atoms with E-state index in [-0.39, 0.29) is 22.1 Å². The molecule has 0 aliphatic carbocycles. The van der Waals surface area contributed by atoms with E-state index in [2.05, 4.69) is 5.43 Å². The van der Waals surface area contributed by atoms with Gasteiger partial charge in [0.2, 0.25) is 0 Å². The third-order valence-electron chi connectivity index (χ3n) is 3.71. The second-order valence-electron chi connectivity index (χ2n) is 5.60. The van der Waals surface area contributed by atoms with Crippen molar-refractivity contribution in [3.05, 3.63) is 58.6 Å². The summed E-state index contributed by atoms with van der Waals surface area (Å²) in [6.07, 6.45) is 1.40. The van der Waals surface area contributed by atoms with Gasteiger partial charge in [0.25, 0.3) is 11.8 Å². The lowest BCUT2D eigenvalue weighted by Crippen LogP contribution is -2.35. The molecule has 7 nitrogen and oxygen atoms in total. The minimum absolute atomic E-state index is 0.0581.